The lowest BCUT2D eigenvalue weighted by molar-refractivity contribution is -0.116. The lowest BCUT2D eigenvalue weighted by Gasteiger charge is -2.26. The van der Waals surface area contributed by atoms with Crippen LogP contribution in [0.15, 0.2) is 27.7 Å². The highest BCUT2D eigenvalue weighted by molar-refractivity contribution is 9.10. The fourth-order valence-corrected chi connectivity index (χ4v) is 3.19. The van der Waals surface area contributed by atoms with E-state index in [1.165, 1.54) is 18.2 Å². The Hall–Kier alpha value is -1.96. The molecule has 1 aliphatic rings. The van der Waals surface area contributed by atoms with Gasteiger partial charge in [0.05, 0.1) is 10.2 Å². The van der Waals surface area contributed by atoms with Crippen LogP contribution < -0.4 is 5.73 Å². The van der Waals surface area contributed by atoms with Gasteiger partial charge in [-0.25, -0.2) is 14.2 Å². The van der Waals surface area contributed by atoms with Gasteiger partial charge in [0.2, 0.25) is 5.78 Å². The van der Waals surface area contributed by atoms with Crippen molar-refractivity contribution in [3.05, 3.63) is 28.5 Å². The van der Waals surface area contributed by atoms with Gasteiger partial charge in [0.25, 0.3) is 0 Å². The Balaban J connectivity index is 2.01. The summed E-state index contributed by atoms with van der Waals surface area (Å²) in [6.07, 6.45) is 1.45. The number of nitrogens with two attached hydrogens (primary N) is 1. The number of Topliss-reactive ketones (excluding diaryl/α,β-unsaturated/α-hetero) is 1. The average molecular weight is 442 g/mol. The van der Waals surface area contributed by atoms with Gasteiger partial charge in [-0.3, -0.25) is 4.79 Å². The number of hydrogen-bond donors (Lipinski definition) is 1. The molecule has 0 aromatic heterocycles. The molecule has 1 saturated heterocycles. The van der Waals surface area contributed by atoms with Crippen molar-refractivity contribution in [1.29, 1.82) is 0 Å². The van der Waals surface area contributed by atoms with Crippen LogP contribution in [-0.4, -0.2) is 41.3 Å². The molecule has 0 spiro atoms. The summed E-state index contributed by atoms with van der Waals surface area (Å²) < 4.78 is 18.9. The topological polar surface area (TPSA) is 85.0 Å². The minimum Gasteiger partial charge on any atom is -0.444 e. The monoisotopic (exact) mass is 441 g/mol. The Kier molecular flexibility index (Phi) is 6.97. The second-order valence-electron chi connectivity index (χ2n) is 7.55. The number of hydrogen-bond acceptors (Lipinski definition) is 4. The van der Waals surface area contributed by atoms with Gasteiger partial charge in [-0.2, -0.15) is 0 Å². The maximum atomic E-state index is 13.3. The van der Waals surface area contributed by atoms with E-state index in [0.717, 1.165) is 0 Å². The van der Waals surface area contributed by atoms with Gasteiger partial charge in [0.1, 0.15) is 11.4 Å². The molecule has 148 valence electrons. The molecule has 2 N–H and O–H groups in total. The standard InChI is InChI=1S/C19H25BrFN3O3/c1-19(2,3)27-18(26)24-9-4-5-12(8-10-24)16(25)17(22)23-13-6-7-15(21)14(20)11-13/h6-7,11-12H,4-5,8-10H2,1-3H3,(H2,22,23). The molecule has 1 aromatic carbocycles. The van der Waals surface area contributed by atoms with E-state index >= 15 is 0 Å². The summed E-state index contributed by atoms with van der Waals surface area (Å²) in [6, 6.07) is 4.18. The van der Waals surface area contributed by atoms with Crippen LogP contribution >= 0.6 is 15.9 Å². The highest BCUT2D eigenvalue weighted by Crippen LogP contribution is 2.24. The Morgan fingerprint density at radius 1 is 1.30 bits per heavy atom. The largest absolute Gasteiger partial charge is 0.444 e. The lowest BCUT2D eigenvalue weighted by atomic mass is 9.95. The normalized spacial score (nSPS) is 18.8. The molecule has 1 unspecified atom stereocenters. The Morgan fingerprint density at radius 3 is 2.63 bits per heavy atom. The minimum atomic E-state index is -0.556. The van der Waals surface area contributed by atoms with Crippen molar-refractivity contribution in [2.45, 2.75) is 45.6 Å². The summed E-state index contributed by atoms with van der Waals surface area (Å²) in [6.45, 7) is 6.43. The van der Waals surface area contributed by atoms with Crippen LogP contribution in [0.4, 0.5) is 14.9 Å². The van der Waals surface area contributed by atoms with Gasteiger partial charge in [0, 0.05) is 19.0 Å². The van der Waals surface area contributed by atoms with E-state index in [0.29, 0.717) is 38.0 Å². The van der Waals surface area contributed by atoms with Gasteiger partial charge in [0.15, 0.2) is 5.84 Å². The van der Waals surface area contributed by atoms with Crippen molar-refractivity contribution < 1.29 is 18.7 Å². The summed E-state index contributed by atoms with van der Waals surface area (Å²) >= 11 is 3.08. The third-order valence-electron chi connectivity index (χ3n) is 4.16. The zero-order valence-corrected chi connectivity index (χ0v) is 17.4. The molecule has 6 nitrogen and oxygen atoms in total. The summed E-state index contributed by atoms with van der Waals surface area (Å²) in [5.41, 5.74) is 5.73. The van der Waals surface area contributed by atoms with E-state index in [-0.39, 0.29) is 28.1 Å². The molecule has 0 radical (unpaired) electrons. The quantitative estimate of drug-likeness (QED) is 0.562. The molecular formula is C19H25BrFN3O3. The molecular weight excluding hydrogens is 417 g/mol. The third kappa shape index (κ3) is 6.30. The number of carbonyl (C=O) groups excluding carboxylic acids is 2. The molecule has 8 heteroatoms. The van der Waals surface area contributed by atoms with Crippen molar-refractivity contribution in [2.75, 3.05) is 13.1 Å². The van der Waals surface area contributed by atoms with Crippen molar-refractivity contribution in [3.63, 3.8) is 0 Å². The Labute approximate surface area is 167 Å². The maximum Gasteiger partial charge on any atom is 0.410 e. The first-order valence-electron chi connectivity index (χ1n) is 8.88. The van der Waals surface area contributed by atoms with Crippen LogP contribution in [0, 0.1) is 11.7 Å². The number of ketones is 1. The number of carbonyl (C=O) groups is 2. The molecule has 0 bridgehead atoms. The van der Waals surface area contributed by atoms with Gasteiger partial charge < -0.3 is 15.4 Å². The molecule has 1 amide bonds. The van der Waals surface area contributed by atoms with Gasteiger partial charge in [-0.15, -0.1) is 0 Å². The van der Waals surface area contributed by atoms with Crippen LogP contribution in [0.2, 0.25) is 0 Å². The number of benzene rings is 1. The molecule has 1 heterocycles. The Bertz CT molecular complexity index is 746. The van der Waals surface area contributed by atoms with E-state index in [2.05, 4.69) is 20.9 Å². The van der Waals surface area contributed by atoms with Gasteiger partial charge in [-0.1, -0.05) is 0 Å². The molecule has 0 aliphatic carbocycles. The fraction of sp³-hybridized carbons (Fsp3) is 0.526. The van der Waals surface area contributed by atoms with E-state index in [4.69, 9.17) is 10.5 Å². The number of nitrogens with zero attached hydrogens (tertiary/aromatic N) is 2. The SMILES string of the molecule is CC(C)(C)OC(=O)N1CCCC(C(=O)C(N)=Nc2ccc(F)c(Br)c2)CC1. The van der Waals surface area contributed by atoms with Crippen LogP contribution in [0.25, 0.3) is 0 Å². The summed E-state index contributed by atoms with van der Waals surface area (Å²) in [4.78, 5) is 30.6. The first-order chi connectivity index (χ1) is 12.6. The molecule has 1 fully saturated rings. The van der Waals surface area contributed by atoms with E-state index < -0.39 is 11.4 Å². The van der Waals surface area contributed by atoms with Crippen LogP contribution in [-0.2, 0) is 9.53 Å². The number of aliphatic imine (C=N–C) groups is 1. The van der Waals surface area contributed by atoms with E-state index in [9.17, 15) is 14.0 Å². The van der Waals surface area contributed by atoms with Crippen molar-refractivity contribution in [2.24, 2.45) is 16.6 Å². The van der Waals surface area contributed by atoms with Gasteiger partial charge in [-0.05, 0) is 74.2 Å². The average Bonchev–Trinajstić information content (AvgIpc) is 2.82. The fourth-order valence-electron chi connectivity index (χ4n) is 2.83. The smallest absolute Gasteiger partial charge is 0.410 e. The summed E-state index contributed by atoms with van der Waals surface area (Å²) in [5.74, 6) is -1.07. The van der Waals surface area contributed by atoms with Crippen molar-refractivity contribution >= 4 is 39.3 Å². The number of likely N-dealkylation sites (tertiary alicyclic amines) is 1. The number of amidine groups is 1. The first-order valence-corrected chi connectivity index (χ1v) is 9.67. The third-order valence-corrected chi connectivity index (χ3v) is 4.76. The highest BCUT2D eigenvalue weighted by atomic mass is 79.9. The predicted molar refractivity (Wildman–Crippen MR) is 106 cm³/mol. The molecule has 1 aliphatic heterocycles. The lowest BCUT2D eigenvalue weighted by Crippen LogP contribution is -2.37. The Morgan fingerprint density at radius 2 is 2.00 bits per heavy atom. The van der Waals surface area contributed by atoms with Crippen LogP contribution in [0.5, 0.6) is 0 Å². The zero-order valence-electron chi connectivity index (χ0n) is 15.8. The molecule has 27 heavy (non-hydrogen) atoms. The first kappa shape index (κ1) is 21.3. The second-order valence-corrected chi connectivity index (χ2v) is 8.41. The van der Waals surface area contributed by atoms with Gasteiger partial charge >= 0.3 is 6.09 Å². The molecule has 0 saturated carbocycles. The highest BCUT2D eigenvalue weighted by Gasteiger charge is 2.29. The molecule has 1 aromatic rings. The van der Waals surface area contributed by atoms with E-state index in [1.54, 1.807) is 4.90 Å². The van der Waals surface area contributed by atoms with Crippen LogP contribution in [0.3, 0.4) is 0 Å². The zero-order chi connectivity index (χ0) is 20.2. The van der Waals surface area contributed by atoms with Crippen molar-refractivity contribution in [3.8, 4) is 0 Å². The molecule has 1 atom stereocenters. The van der Waals surface area contributed by atoms with E-state index in [1.807, 2.05) is 20.8 Å². The summed E-state index contributed by atoms with van der Waals surface area (Å²) in [7, 11) is 0. The number of halogens is 2. The predicted octanol–water partition coefficient (Wildman–Crippen LogP) is 4.18. The molecule has 2 rings (SSSR count). The number of rotatable bonds is 3. The van der Waals surface area contributed by atoms with Crippen molar-refractivity contribution in [1.82, 2.24) is 4.90 Å². The second kappa shape index (κ2) is 8.82. The summed E-state index contributed by atoms with van der Waals surface area (Å²) in [5, 5.41) is 0. The number of amides is 1. The maximum absolute atomic E-state index is 13.3. The van der Waals surface area contributed by atoms with Crippen LogP contribution in [0.1, 0.15) is 40.0 Å². The minimum absolute atomic E-state index is 0.107. The number of ether oxygens (including phenoxy) is 1.